The maximum atomic E-state index is 12.6. The van der Waals surface area contributed by atoms with Crippen LogP contribution in [0.3, 0.4) is 0 Å². The largest absolute Gasteiger partial charge is 0.508 e. The number of aliphatic hydroxyl groups excluding tert-OH is 1. The number of anilines is 1. The molecule has 132 valence electrons. The summed E-state index contributed by atoms with van der Waals surface area (Å²) in [5, 5.41) is 11.9. The van der Waals surface area contributed by atoms with Gasteiger partial charge in [0.25, 0.3) is 15.9 Å². The number of rotatable bonds is 5. The zero-order valence-electron chi connectivity index (χ0n) is 13.5. The third kappa shape index (κ3) is 3.50. The Hall–Kier alpha value is -3.39. The fourth-order valence-corrected chi connectivity index (χ4v) is 3.43. The number of carbonyl (C=O) groups excluding carboxylic acids is 1. The molecule has 0 aliphatic rings. The summed E-state index contributed by atoms with van der Waals surface area (Å²) in [5.74, 6) is -0.582. The molecule has 0 bridgehead atoms. The van der Waals surface area contributed by atoms with Crippen molar-refractivity contribution >= 4 is 27.4 Å². The van der Waals surface area contributed by atoms with Crippen LogP contribution < -0.4 is 5.32 Å². The Morgan fingerprint density at radius 1 is 1.12 bits per heavy atom. The van der Waals surface area contributed by atoms with Gasteiger partial charge in [0.05, 0.1) is 10.6 Å². The van der Waals surface area contributed by atoms with Gasteiger partial charge in [-0.3, -0.25) is 9.78 Å². The van der Waals surface area contributed by atoms with Gasteiger partial charge in [-0.1, -0.05) is 12.6 Å². The Bertz CT molecular complexity index is 1060. The molecule has 8 heteroatoms. The number of hydrogen-bond donors (Lipinski definition) is 2. The van der Waals surface area contributed by atoms with Gasteiger partial charge in [0.1, 0.15) is 11.5 Å². The summed E-state index contributed by atoms with van der Waals surface area (Å²) in [6, 6.07) is 12.1. The smallest absolute Gasteiger partial charge is 0.274 e. The van der Waals surface area contributed by atoms with Crippen LogP contribution in [0.4, 0.5) is 5.69 Å². The molecule has 0 saturated heterocycles. The lowest BCUT2D eigenvalue weighted by atomic mass is 10.2. The van der Waals surface area contributed by atoms with Crippen LogP contribution in [0.5, 0.6) is 0 Å². The van der Waals surface area contributed by atoms with Crippen molar-refractivity contribution in [3.05, 3.63) is 85.0 Å². The number of nitrogens with one attached hydrogen (secondary N) is 1. The van der Waals surface area contributed by atoms with Crippen molar-refractivity contribution in [3.63, 3.8) is 0 Å². The van der Waals surface area contributed by atoms with Gasteiger partial charge in [-0.05, 0) is 42.5 Å². The average Bonchev–Trinajstić information content (AvgIpc) is 3.12. The van der Waals surface area contributed by atoms with E-state index in [1.807, 2.05) is 0 Å². The second-order valence-electron chi connectivity index (χ2n) is 5.38. The molecule has 0 aliphatic carbocycles. The van der Waals surface area contributed by atoms with Gasteiger partial charge >= 0.3 is 0 Å². The van der Waals surface area contributed by atoms with Crippen LogP contribution in [0.25, 0.3) is 5.76 Å². The van der Waals surface area contributed by atoms with Crippen LogP contribution in [-0.2, 0) is 10.0 Å². The molecule has 0 unspecified atom stereocenters. The molecule has 7 nitrogen and oxygen atoms in total. The number of aromatic nitrogens is 2. The Morgan fingerprint density at radius 2 is 1.85 bits per heavy atom. The van der Waals surface area contributed by atoms with Crippen molar-refractivity contribution in [2.75, 3.05) is 5.32 Å². The summed E-state index contributed by atoms with van der Waals surface area (Å²) < 4.78 is 26.3. The first kappa shape index (κ1) is 17.4. The van der Waals surface area contributed by atoms with E-state index in [2.05, 4.69) is 16.9 Å². The van der Waals surface area contributed by atoms with Gasteiger partial charge in [-0.25, -0.2) is 12.4 Å². The Kier molecular flexibility index (Phi) is 4.59. The summed E-state index contributed by atoms with van der Waals surface area (Å²) in [5.41, 5.74) is 0.979. The number of benzene rings is 1. The minimum Gasteiger partial charge on any atom is -0.508 e. The highest BCUT2D eigenvalue weighted by atomic mass is 32.2. The second-order valence-corrected chi connectivity index (χ2v) is 7.22. The summed E-state index contributed by atoms with van der Waals surface area (Å²) in [6.07, 6.45) is 4.13. The van der Waals surface area contributed by atoms with E-state index in [-0.39, 0.29) is 16.3 Å². The molecule has 3 rings (SSSR count). The standard InChI is InChI=1S/C18H15N3O4S/c1-13(22)14-5-7-16(8-6-14)26(24,25)21-11-9-15(12-21)20-18(23)17-4-2-3-10-19-17/h2-12,22H,1H2,(H,20,23). The Labute approximate surface area is 150 Å². The van der Waals surface area contributed by atoms with E-state index in [1.54, 1.807) is 18.2 Å². The third-order valence-electron chi connectivity index (χ3n) is 3.59. The fraction of sp³-hybridized carbons (Fsp3) is 0. The third-order valence-corrected chi connectivity index (χ3v) is 5.24. The van der Waals surface area contributed by atoms with Gasteiger partial charge in [0.15, 0.2) is 0 Å². The SMILES string of the molecule is C=C(O)c1ccc(S(=O)(=O)n2ccc(NC(=O)c3ccccn3)c2)cc1. The highest BCUT2D eigenvalue weighted by Crippen LogP contribution is 2.20. The number of carbonyl (C=O) groups is 1. The predicted molar refractivity (Wildman–Crippen MR) is 97.3 cm³/mol. The first-order valence-corrected chi connectivity index (χ1v) is 8.96. The number of nitrogens with zero attached hydrogens (tertiary/aromatic N) is 2. The number of pyridine rings is 1. The molecule has 1 aromatic carbocycles. The topological polar surface area (TPSA) is 101 Å². The van der Waals surface area contributed by atoms with Gasteiger partial charge in [0, 0.05) is 24.2 Å². The molecule has 0 spiro atoms. The van der Waals surface area contributed by atoms with E-state index in [0.717, 1.165) is 3.97 Å². The van der Waals surface area contributed by atoms with Crippen LogP contribution >= 0.6 is 0 Å². The van der Waals surface area contributed by atoms with E-state index >= 15 is 0 Å². The van der Waals surface area contributed by atoms with Crippen molar-refractivity contribution in [1.82, 2.24) is 8.96 Å². The van der Waals surface area contributed by atoms with Crippen LogP contribution in [-0.4, -0.2) is 28.4 Å². The highest BCUT2D eigenvalue weighted by Gasteiger charge is 2.17. The molecule has 2 heterocycles. The molecule has 0 aliphatic heterocycles. The highest BCUT2D eigenvalue weighted by molar-refractivity contribution is 7.90. The summed E-state index contributed by atoms with van der Waals surface area (Å²) >= 11 is 0. The van der Waals surface area contributed by atoms with E-state index in [0.29, 0.717) is 11.3 Å². The molecule has 0 radical (unpaired) electrons. The van der Waals surface area contributed by atoms with E-state index in [4.69, 9.17) is 0 Å². The van der Waals surface area contributed by atoms with Crippen molar-refractivity contribution in [3.8, 4) is 0 Å². The van der Waals surface area contributed by atoms with Crippen molar-refractivity contribution in [1.29, 1.82) is 0 Å². The summed E-state index contributed by atoms with van der Waals surface area (Å²) in [4.78, 5) is 16.1. The molecule has 2 aromatic heterocycles. The average molecular weight is 369 g/mol. The maximum Gasteiger partial charge on any atom is 0.274 e. The van der Waals surface area contributed by atoms with Crippen molar-refractivity contribution in [2.45, 2.75) is 4.90 Å². The zero-order valence-corrected chi connectivity index (χ0v) is 14.3. The number of hydrogen-bond acceptors (Lipinski definition) is 5. The van der Waals surface area contributed by atoms with Crippen LogP contribution in [0.15, 0.2) is 78.6 Å². The lowest BCUT2D eigenvalue weighted by Crippen LogP contribution is -2.14. The van der Waals surface area contributed by atoms with Crippen molar-refractivity contribution < 1.29 is 18.3 Å². The molecule has 1 amide bonds. The minimum absolute atomic E-state index is 0.0423. The molecule has 0 saturated carbocycles. The molecule has 0 atom stereocenters. The lowest BCUT2D eigenvalue weighted by molar-refractivity contribution is 0.102. The molecule has 2 N–H and O–H groups in total. The second kappa shape index (κ2) is 6.85. The predicted octanol–water partition coefficient (Wildman–Crippen LogP) is 2.90. The summed E-state index contributed by atoms with van der Waals surface area (Å²) in [6.45, 7) is 3.39. The molecular formula is C18H15N3O4S. The van der Waals surface area contributed by atoms with Gasteiger partial charge in [0.2, 0.25) is 0 Å². The maximum absolute atomic E-state index is 12.6. The number of amides is 1. The van der Waals surface area contributed by atoms with Crippen molar-refractivity contribution in [2.24, 2.45) is 0 Å². The van der Waals surface area contributed by atoms with Crippen LogP contribution in [0, 0.1) is 0 Å². The van der Waals surface area contributed by atoms with Gasteiger partial charge in [-0.15, -0.1) is 0 Å². The van der Waals surface area contributed by atoms with Gasteiger partial charge < -0.3 is 10.4 Å². The minimum atomic E-state index is -3.82. The lowest BCUT2D eigenvalue weighted by Gasteiger charge is -2.07. The summed E-state index contributed by atoms with van der Waals surface area (Å²) in [7, 11) is -3.82. The van der Waals surface area contributed by atoms with E-state index < -0.39 is 15.9 Å². The zero-order chi connectivity index (χ0) is 18.7. The first-order chi connectivity index (χ1) is 12.4. The molecular weight excluding hydrogens is 354 g/mol. The van der Waals surface area contributed by atoms with Crippen LogP contribution in [0.2, 0.25) is 0 Å². The number of aliphatic hydroxyl groups is 1. The Morgan fingerprint density at radius 3 is 2.46 bits per heavy atom. The van der Waals surface area contributed by atoms with Gasteiger partial charge in [-0.2, -0.15) is 0 Å². The fourth-order valence-electron chi connectivity index (χ4n) is 2.23. The molecule has 0 fully saturated rings. The van der Waals surface area contributed by atoms with E-state index in [1.165, 1.54) is 48.9 Å². The normalized spacial score (nSPS) is 11.1. The van der Waals surface area contributed by atoms with Crippen LogP contribution in [0.1, 0.15) is 16.1 Å². The monoisotopic (exact) mass is 369 g/mol. The Balaban J connectivity index is 1.82. The van der Waals surface area contributed by atoms with E-state index in [9.17, 15) is 18.3 Å². The molecule has 3 aromatic rings. The quantitative estimate of drug-likeness (QED) is 0.674. The molecule has 26 heavy (non-hydrogen) atoms. The first-order valence-electron chi connectivity index (χ1n) is 7.52.